The van der Waals surface area contributed by atoms with E-state index in [4.69, 9.17) is 17.5 Å². The third-order valence-electron chi connectivity index (χ3n) is 22.6. The van der Waals surface area contributed by atoms with Gasteiger partial charge < -0.3 is 0 Å². The predicted molar refractivity (Wildman–Crippen MR) is 421 cm³/mol. The van der Waals surface area contributed by atoms with Gasteiger partial charge in [-0.2, -0.15) is 17.5 Å². The van der Waals surface area contributed by atoms with Crippen molar-refractivity contribution in [1.29, 1.82) is 0 Å². The summed E-state index contributed by atoms with van der Waals surface area (Å²) in [6, 6.07) is 10.8. The molecular weight excluding hydrogens is 1340 g/mol. The average molecular weight is 1470 g/mol. The van der Waals surface area contributed by atoms with Gasteiger partial charge in [0.2, 0.25) is 0 Å². The lowest BCUT2D eigenvalue weighted by atomic mass is 9.68. The first-order valence-corrected chi connectivity index (χ1v) is 43.9. The highest BCUT2D eigenvalue weighted by Gasteiger charge is 2.50. The van der Waals surface area contributed by atoms with E-state index < -0.39 is 0 Å². The molecular formula is C84H136BrIN4S2. The molecule has 0 saturated heterocycles. The molecule has 2 aromatic heterocycles. The van der Waals surface area contributed by atoms with Crippen molar-refractivity contribution in [3.63, 3.8) is 0 Å². The second kappa shape index (κ2) is 46.7. The summed E-state index contributed by atoms with van der Waals surface area (Å²) in [5, 5.41) is 0. The minimum atomic E-state index is -0.0778. The molecule has 8 heteroatoms. The molecule has 2 aliphatic rings. The Kier molecular flexibility index (Phi) is 39.5. The van der Waals surface area contributed by atoms with Crippen molar-refractivity contribution in [2.75, 3.05) is 0 Å². The number of fused-ring (bicyclic) bond motifs is 10. The average Bonchev–Trinajstić information content (AvgIpc) is 1.52. The van der Waals surface area contributed by atoms with Gasteiger partial charge in [0.05, 0.1) is 23.5 Å². The SMILES string of the molecule is CCCCCCCCCCCCCCCCC1(CCCCCCCCCCCCCCCC)c2cc3c(cc2-c2c1cc(Br)c1nsnc21)C(CCCCCCCCCCCCCCCC)(CCCCCCCCCCCCCCCC)c1cc(I)c2nsnc2c1-3. The van der Waals surface area contributed by atoms with Gasteiger partial charge in [-0.05, 0) is 122 Å². The van der Waals surface area contributed by atoms with Crippen LogP contribution < -0.4 is 0 Å². The van der Waals surface area contributed by atoms with Crippen molar-refractivity contribution in [2.24, 2.45) is 0 Å². The number of benzene rings is 3. The lowest BCUT2D eigenvalue weighted by molar-refractivity contribution is 0.393. The molecule has 0 spiro atoms. The van der Waals surface area contributed by atoms with Crippen LogP contribution in [0.4, 0.5) is 0 Å². The minimum Gasteiger partial charge on any atom is -0.172 e. The van der Waals surface area contributed by atoms with Gasteiger partial charge in [0, 0.05) is 30.0 Å². The van der Waals surface area contributed by atoms with Crippen LogP contribution in [-0.4, -0.2) is 17.5 Å². The fourth-order valence-corrected chi connectivity index (χ4v) is 19.6. The van der Waals surface area contributed by atoms with Crippen LogP contribution in [0.15, 0.2) is 28.7 Å². The summed E-state index contributed by atoms with van der Waals surface area (Å²) in [5.41, 5.74) is 16.5. The van der Waals surface area contributed by atoms with Gasteiger partial charge in [-0.25, -0.2) is 0 Å². The molecule has 3 aromatic carbocycles. The summed E-state index contributed by atoms with van der Waals surface area (Å²) in [5.74, 6) is 0. The smallest absolute Gasteiger partial charge is 0.119 e. The second-order valence-electron chi connectivity index (χ2n) is 30.0. The predicted octanol–water partition coefficient (Wildman–Crippen LogP) is 31.1. The molecule has 0 aliphatic heterocycles. The lowest BCUT2D eigenvalue weighted by Gasteiger charge is -2.35. The monoisotopic (exact) mass is 1470 g/mol. The molecule has 0 amide bonds. The van der Waals surface area contributed by atoms with Crippen molar-refractivity contribution in [3.8, 4) is 22.3 Å². The van der Waals surface area contributed by atoms with Crippen molar-refractivity contribution >= 4 is 84.0 Å². The standard InChI is InChI=1S/C84H136BrIN4S2/c1-5-9-13-17-21-25-29-33-37-41-45-49-53-57-61-83(62-58-54-50-46-42-38-34-30-26-22-18-14-10-6-2)71-66-70-72(65-69(71)77-73(83)67-75(85)79-81(77)89-91-87-79)84(74-68-76(86)80-82(78(70)74)90-92-88-80,63-59-55-51-47-43-39-35-31-27-23-19-15-11-7-3)64-60-56-52-48-44-40-36-32-28-24-20-16-12-8-4/h65-68H,5-64H2,1-4H3. The summed E-state index contributed by atoms with van der Waals surface area (Å²) < 4.78 is 23.2. The maximum atomic E-state index is 5.32. The molecule has 7 rings (SSSR count). The van der Waals surface area contributed by atoms with Crippen LogP contribution >= 0.6 is 62.0 Å². The molecule has 0 N–H and O–H groups in total. The van der Waals surface area contributed by atoms with Gasteiger partial charge in [0.1, 0.15) is 22.1 Å². The Morgan fingerprint density at radius 3 is 0.761 bits per heavy atom. The highest BCUT2D eigenvalue weighted by Crippen LogP contribution is 2.63. The second-order valence-corrected chi connectivity index (χ2v) is 33.1. The van der Waals surface area contributed by atoms with Crippen LogP contribution in [0.25, 0.3) is 44.3 Å². The van der Waals surface area contributed by atoms with E-state index in [1.165, 1.54) is 435 Å². The van der Waals surface area contributed by atoms with Gasteiger partial charge in [-0.15, -0.1) is 0 Å². The Morgan fingerprint density at radius 1 is 0.272 bits per heavy atom. The summed E-state index contributed by atoms with van der Waals surface area (Å²) in [6.07, 6.45) is 82.9. The first-order valence-electron chi connectivity index (χ1n) is 40.6. The molecule has 518 valence electrons. The van der Waals surface area contributed by atoms with E-state index in [1.807, 2.05) is 0 Å². The molecule has 0 atom stereocenters. The summed E-state index contributed by atoms with van der Waals surface area (Å²) in [7, 11) is 0. The number of halogens is 2. The number of hydrogen-bond donors (Lipinski definition) is 0. The zero-order valence-corrected chi connectivity index (χ0v) is 65.5. The molecule has 2 heterocycles. The zero-order valence-electron chi connectivity index (χ0n) is 60.1. The number of rotatable bonds is 60. The van der Waals surface area contributed by atoms with E-state index in [0.717, 1.165) is 26.5 Å². The lowest BCUT2D eigenvalue weighted by Crippen LogP contribution is -2.27. The minimum absolute atomic E-state index is 0.0604. The highest BCUT2D eigenvalue weighted by atomic mass is 127. The van der Waals surface area contributed by atoms with Gasteiger partial charge in [0.15, 0.2) is 0 Å². The van der Waals surface area contributed by atoms with Crippen LogP contribution in [0.1, 0.15) is 435 Å². The quantitative estimate of drug-likeness (QED) is 0.0288. The van der Waals surface area contributed by atoms with Gasteiger partial charge in [0.25, 0.3) is 0 Å². The Hall–Kier alpha value is -1.49. The van der Waals surface area contributed by atoms with E-state index in [2.05, 4.69) is 90.5 Å². The maximum absolute atomic E-state index is 5.32. The third-order valence-corrected chi connectivity index (χ3v) is 25.1. The molecule has 4 nitrogen and oxygen atoms in total. The Morgan fingerprint density at radius 2 is 0.489 bits per heavy atom. The van der Waals surface area contributed by atoms with Crippen molar-refractivity contribution < 1.29 is 0 Å². The van der Waals surface area contributed by atoms with Crippen molar-refractivity contribution in [2.45, 2.75) is 424 Å². The van der Waals surface area contributed by atoms with Crippen LogP contribution in [0.3, 0.4) is 0 Å². The fourth-order valence-electron chi connectivity index (χ4n) is 17.0. The fraction of sp³-hybridized carbons (Fsp3) is 0.786. The van der Waals surface area contributed by atoms with Gasteiger partial charge >= 0.3 is 0 Å². The number of nitrogens with zero attached hydrogens (tertiary/aromatic N) is 4. The van der Waals surface area contributed by atoms with Gasteiger partial charge in [-0.1, -0.05) is 387 Å². The van der Waals surface area contributed by atoms with E-state index >= 15 is 0 Å². The third kappa shape index (κ3) is 24.4. The van der Waals surface area contributed by atoms with Crippen molar-refractivity contribution in [1.82, 2.24) is 17.5 Å². The highest BCUT2D eigenvalue weighted by molar-refractivity contribution is 14.1. The molecule has 2 aliphatic carbocycles. The first kappa shape index (κ1) is 77.9. The van der Waals surface area contributed by atoms with E-state index in [0.29, 0.717) is 0 Å². The van der Waals surface area contributed by atoms with Crippen LogP contribution in [0.5, 0.6) is 0 Å². The van der Waals surface area contributed by atoms with E-state index in [1.54, 1.807) is 22.3 Å². The van der Waals surface area contributed by atoms with Crippen LogP contribution in [0.2, 0.25) is 0 Å². The first-order chi connectivity index (χ1) is 45.5. The maximum Gasteiger partial charge on any atom is 0.119 e. The van der Waals surface area contributed by atoms with E-state index in [-0.39, 0.29) is 10.8 Å². The zero-order chi connectivity index (χ0) is 64.6. The molecule has 0 unspecified atom stereocenters. The van der Waals surface area contributed by atoms with E-state index in [9.17, 15) is 0 Å². The number of hydrogen-bond acceptors (Lipinski definition) is 6. The molecule has 0 bridgehead atoms. The normalized spacial score (nSPS) is 13.7. The Bertz CT molecular complexity index is 2480. The molecule has 0 radical (unpaired) electrons. The molecule has 0 saturated carbocycles. The summed E-state index contributed by atoms with van der Waals surface area (Å²) >= 11 is 9.66. The van der Waals surface area contributed by atoms with Crippen LogP contribution in [-0.2, 0) is 10.8 Å². The summed E-state index contributed by atoms with van der Waals surface area (Å²) in [4.78, 5) is 0. The topological polar surface area (TPSA) is 51.6 Å². The number of unbranched alkanes of at least 4 members (excludes halogenated alkanes) is 52. The number of aromatic nitrogens is 4. The van der Waals surface area contributed by atoms with Gasteiger partial charge in [-0.3, -0.25) is 0 Å². The Balaban J connectivity index is 1.14. The van der Waals surface area contributed by atoms with Crippen LogP contribution in [0, 0.1) is 3.57 Å². The molecule has 5 aromatic rings. The largest absolute Gasteiger partial charge is 0.172 e. The summed E-state index contributed by atoms with van der Waals surface area (Å²) in [6.45, 7) is 9.32. The molecule has 0 fully saturated rings. The molecule has 92 heavy (non-hydrogen) atoms. The van der Waals surface area contributed by atoms with Crippen molar-refractivity contribution in [3.05, 3.63) is 54.6 Å². The Labute approximate surface area is 597 Å².